The molecule has 12 heavy (non-hydrogen) atoms. The van der Waals surface area contributed by atoms with Gasteiger partial charge in [0.05, 0.1) is 18.6 Å². The standard InChI is InChI=1S/C9H14O3/c1-11-8(10)9-4-2-3-7(9)12-6-5-9/h7H,2-6H2,1H3/t7-,9+/m1/s1. The molecule has 68 valence electrons. The molecule has 0 unspecified atom stereocenters. The van der Waals surface area contributed by atoms with Gasteiger partial charge in [0.15, 0.2) is 0 Å². The molecule has 1 aliphatic carbocycles. The molecule has 1 aliphatic heterocycles. The summed E-state index contributed by atoms with van der Waals surface area (Å²) in [6.45, 7) is 0.722. The first-order valence-electron chi connectivity index (χ1n) is 4.49. The summed E-state index contributed by atoms with van der Waals surface area (Å²) in [6, 6.07) is 0. The van der Waals surface area contributed by atoms with Gasteiger partial charge in [0.25, 0.3) is 0 Å². The van der Waals surface area contributed by atoms with Crippen molar-refractivity contribution in [2.75, 3.05) is 13.7 Å². The topological polar surface area (TPSA) is 35.5 Å². The van der Waals surface area contributed by atoms with Crippen LogP contribution < -0.4 is 0 Å². The monoisotopic (exact) mass is 170 g/mol. The zero-order valence-electron chi connectivity index (χ0n) is 7.34. The van der Waals surface area contributed by atoms with Gasteiger partial charge in [0.1, 0.15) is 0 Å². The summed E-state index contributed by atoms with van der Waals surface area (Å²) in [6.07, 6.45) is 4.06. The fourth-order valence-corrected chi connectivity index (χ4v) is 2.49. The minimum atomic E-state index is -0.269. The molecule has 0 bridgehead atoms. The molecule has 0 aromatic carbocycles. The van der Waals surface area contributed by atoms with Gasteiger partial charge in [-0.1, -0.05) is 0 Å². The summed E-state index contributed by atoms with van der Waals surface area (Å²) in [4.78, 5) is 11.5. The quantitative estimate of drug-likeness (QED) is 0.553. The molecule has 1 heterocycles. The van der Waals surface area contributed by atoms with Crippen molar-refractivity contribution in [2.24, 2.45) is 5.41 Å². The van der Waals surface area contributed by atoms with Crippen LogP contribution in [0.4, 0.5) is 0 Å². The lowest BCUT2D eigenvalue weighted by molar-refractivity contribution is -0.154. The third kappa shape index (κ3) is 0.891. The van der Waals surface area contributed by atoms with Gasteiger partial charge in [-0.15, -0.1) is 0 Å². The van der Waals surface area contributed by atoms with Crippen LogP contribution in [-0.2, 0) is 14.3 Å². The lowest BCUT2D eigenvalue weighted by Gasteiger charge is -2.23. The Balaban J connectivity index is 2.21. The number of rotatable bonds is 1. The summed E-state index contributed by atoms with van der Waals surface area (Å²) >= 11 is 0. The van der Waals surface area contributed by atoms with E-state index in [1.165, 1.54) is 7.11 Å². The Morgan fingerprint density at radius 2 is 2.42 bits per heavy atom. The van der Waals surface area contributed by atoms with Gasteiger partial charge in [0.2, 0.25) is 0 Å². The van der Waals surface area contributed by atoms with Crippen LogP contribution in [0.2, 0.25) is 0 Å². The number of methoxy groups -OCH3 is 1. The predicted octanol–water partition coefficient (Wildman–Crippen LogP) is 1.12. The third-order valence-corrected chi connectivity index (χ3v) is 3.16. The number of carbonyl (C=O) groups is 1. The molecule has 0 aromatic rings. The van der Waals surface area contributed by atoms with Crippen LogP contribution in [0.15, 0.2) is 0 Å². The van der Waals surface area contributed by atoms with Crippen molar-refractivity contribution in [2.45, 2.75) is 31.8 Å². The van der Waals surface area contributed by atoms with Crippen molar-refractivity contribution in [3.8, 4) is 0 Å². The Bertz CT molecular complexity index is 190. The van der Waals surface area contributed by atoms with E-state index in [9.17, 15) is 4.79 Å². The van der Waals surface area contributed by atoms with Gasteiger partial charge in [-0.25, -0.2) is 0 Å². The maximum atomic E-state index is 11.5. The Morgan fingerprint density at radius 1 is 1.58 bits per heavy atom. The molecule has 3 nitrogen and oxygen atoms in total. The smallest absolute Gasteiger partial charge is 0.314 e. The molecule has 2 aliphatic rings. The first-order valence-corrected chi connectivity index (χ1v) is 4.49. The fourth-order valence-electron chi connectivity index (χ4n) is 2.49. The minimum Gasteiger partial charge on any atom is -0.469 e. The second-order valence-corrected chi connectivity index (χ2v) is 3.65. The second-order valence-electron chi connectivity index (χ2n) is 3.65. The zero-order valence-corrected chi connectivity index (χ0v) is 7.34. The van der Waals surface area contributed by atoms with Gasteiger partial charge >= 0.3 is 5.97 Å². The van der Waals surface area contributed by atoms with E-state index < -0.39 is 0 Å². The summed E-state index contributed by atoms with van der Waals surface area (Å²) in [5, 5.41) is 0. The molecule has 0 N–H and O–H groups in total. The maximum Gasteiger partial charge on any atom is 0.314 e. The van der Waals surface area contributed by atoms with Gasteiger partial charge in [0, 0.05) is 6.61 Å². The number of hydrogen-bond acceptors (Lipinski definition) is 3. The highest BCUT2D eigenvalue weighted by atomic mass is 16.5. The summed E-state index contributed by atoms with van der Waals surface area (Å²) < 4.78 is 10.3. The molecule has 0 radical (unpaired) electrons. The van der Waals surface area contributed by atoms with E-state index >= 15 is 0 Å². The van der Waals surface area contributed by atoms with E-state index in [1.54, 1.807) is 0 Å². The van der Waals surface area contributed by atoms with Crippen molar-refractivity contribution in [1.29, 1.82) is 0 Å². The minimum absolute atomic E-state index is 0.0671. The summed E-state index contributed by atoms with van der Waals surface area (Å²) in [5.74, 6) is -0.0671. The molecule has 2 fully saturated rings. The second kappa shape index (κ2) is 2.73. The molecule has 1 saturated heterocycles. The van der Waals surface area contributed by atoms with Crippen LogP contribution in [0.1, 0.15) is 25.7 Å². The van der Waals surface area contributed by atoms with Crippen molar-refractivity contribution in [3.05, 3.63) is 0 Å². The Kier molecular flexibility index (Phi) is 1.83. The average molecular weight is 170 g/mol. The maximum absolute atomic E-state index is 11.5. The largest absolute Gasteiger partial charge is 0.469 e. The van der Waals surface area contributed by atoms with E-state index in [0.29, 0.717) is 0 Å². The number of hydrogen-bond donors (Lipinski definition) is 0. The van der Waals surface area contributed by atoms with Crippen molar-refractivity contribution in [1.82, 2.24) is 0 Å². The van der Waals surface area contributed by atoms with Gasteiger partial charge in [-0.2, -0.15) is 0 Å². The van der Waals surface area contributed by atoms with Crippen molar-refractivity contribution in [3.63, 3.8) is 0 Å². The highest BCUT2D eigenvalue weighted by Crippen LogP contribution is 2.48. The van der Waals surface area contributed by atoms with Gasteiger partial charge in [-0.3, -0.25) is 4.79 Å². The molecule has 2 atom stereocenters. The van der Waals surface area contributed by atoms with Crippen molar-refractivity contribution < 1.29 is 14.3 Å². The van der Waals surface area contributed by atoms with Crippen molar-refractivity contribution >= 4 is 5.97 Å². The SMILES string of the molecule is COC(=O)[C@]12CCC[C@H]1OCC2. The molecular formula is C9H14O3. The Morgan fingerprint density at radius 3 is 3.17 bits per heavy atom. The highest BCUT2D eigenvalue weighted by Gasteiger charge is 2.53. The fraction of sp³-hybridized carbons (Fsp3) is 0.889. The molecular weight excluding hydrogens is 156 g/mol. The molecule has 0 spiro atoms. The first kappa shape index (κ1) is 8.05. The van der Waals surface area contributed by atoms with Crippen LogP contribution in [0.3, 0.4) is 0 Å². The zero-order chi connectivity index (χ0) is 8.60. The van der Waals surface area contributed by atoms with Crippen LogP contribution >= 0.6 is 0 Å². The Labute approximate surface area is 72.0 Å². The lowest BCUT2D eigenvalue weighted by Crippen LogP contribution is -2.35. The number of fused-ring (bicyclic) bond motifs is 1. The molecule has 0 amide bonds. The highest BCUT2D eigenvalue weighted by molar-refractivity contribution is 5.78. The van der Waals surface area contributed by atoms with E-state index in [1.807, 2.05) is 0 Å². The van der Waals surface area contributed by atoms with E-state index in [-0.39, 0.29) is 17.5 Å². The van der Waals surface area contributed by atoms with Gasteiger partial charge in [-0.05, 0) is 25.7 Å². The molecule has 2 rings (SSSR count). The third-order valence-electron chi connectivity index (χ3n) is 3.16. The van der Waals surface area contributed by atoms with Crippen LogP contribution in [0, 0.1) is 5.41 Å². The van der Waals surface area contributed by atoms with Crippen LogP contribution in [0.25, 0.3) is 0 Å². The van der Waals surface area contributed by atoms with Crippen LogP contribution in [0.5, 0.6) is 0 Å². The lowest BCUT2D eigenvalue weighted by atomic mass is 9.83. The molecule has 3 heteroatoms. The van der Waals surface area contributed by atoms with E-state index in [2.05, 4.69) is 0 Å². The summed E-state index contributed by atoms with van der Waals surface area (Å²) in [7, 11) is 1.46. The summed E-state index contributed by atoms with van der Waals surface area (Å²) in [5.41, 5.74) is -0.269. The van der Waals surface area contributed by atoms with E-state index in [4.69, 9.17) is 9.47 Å². The molecule has 0 aromatic heterocycles. The number of carbonyl (C=O) groups excluding carboxylic acids is 1. The van der Waals surface area contributed by atoms with Gasteiger partial charge < -0.3 is 9.47 Å². The number of esters is 1. The van der Waals surface area contributed by atoms with Crippen LogP contribution in [-0.4, -0.2) is 25.8 Å². The first-order chi connectivity index (χ1) is 5.79. The van der Waals surface area contributed by atoms with E-state index in [0.717, 1.165) is 32.3 Å². The molecule has 1 saturated carbocycles. The number of ether oxygens (including phenoxy) is 2. The normalized spacial score (nSPS) is 39.6. The predicted molar refractivity (Wildman–Crippen MR) is 42.7 cm³/mol. The average Bonchev–Trinajstić information content (AvgIpc) is 2.60. The Hall–Kier alpha value is -0.570.